The van der Waals surface area contributed by atoms with Crippen molar-refractivity contribution in [2.75, 3.05) is 38.6 Å². The van der Waals surface area contributed by atoms with Crippen molar-refractivity contribution < 1.29 is 5.11 Å². The highest BCUT2D eigenvalue weighted by Crippen LogP contribution is 2.28. The maximum atomic E-state index is 9.19. The number of hydrogen-bond donors (Lipinski definition) is 1. The number of benzene rings is 1. The van der Waals surface area contributed by atoms with Crippen molar-refractivity contribution in [3.63, 3.8) is 0 Å². The molecule has 3 nitrogen and oxygen atoms in total. The Morgan fingerprint density at radius 1 is 1.32 bits per heavy atom. The molecule has 1 fully saturated rings. The molecule has 0 atom stereocenters. The quantitative estimate of drug-likeness (QED) is 0.921. The van der Waals surface area contributed by atoms with E-state index in [4.69, 9.17) is 0 Å². The minimum absolute atomic E-state index is 0.0891. The Morgan fingerprint density at radius 2 is 2.00 bits per heavy atom. The molecule has 1 heterocycles. The predicted octanol–water partition coefficient (Wildman–Crippen LogP) is 2.72. The van der Waals surface area contributed by atoms with Crippen molar-refractivity contribution in [2.24, 2.45) is 5.92 Å². The summed E-state index contributed by atoms with van der Waals surface area (Å²) in [5, 5.41) is 9.19. The van der Waals surface area contributed by atoms with E-state index in [1.165, 1.54) is 25.1 Å². The zero-order valence-electron chi connectivity index (χ0n) is 11.8. The van der Waals surface area contributed by atoms with E-state index in [0.717, 1.165) is 29.0 Å². The molecule has 1 aromatic rings. The van der Waals surface area contributed by atoms with Crippen molar-refractivity contribution in [3.8, 4) is 0 Å². The van der Waals surface area contributed by atoms with Gasteiger partial charge in [0, 0.05) is 29.8 Å². The van der Waals surface area contributed by atoms with Crippen LogP contribution in [-0.2, 0) is 6.61 Å². The van der Waals surface area contributed by atoms with Crippen LogP contribution in [0.15, 0.2) is 22.7 Å². The Morgan fingerprint density at radius 3 is 2.53 bits per heavy atom. The molecule has 1 aliphatic rings. The molecule has 0 aromatic heterocycles. The second-order valence-corrected chi connectivity index (χ2v) is 6.48. The predicted molar refractivity (Wildman–Crippen MR) is 83.6 cm³/mol. The Kier molecular flexibility index (Phi) is 5.25. The molecule has 1 saturated heterocycles. The summed E-state index contributed by atoms with van der Waals surface area (Å²) in [5.41, 5.74) is 2.21. The van der Waals surface area contributed by atoms with Gasteiger partial charge in [-0.05, 0) is 50.6 Å². The van der Waals surface area contributed by atoms with E-state index in [2.05, 4.69) is 52.0 Å². The number of rotatable bonds is 4. The van der Waals surface area contributed by atoms with Crippen LogP contribution in [0.25, 0.3) is 0 Å². The number of halogens is 1. The maximum absolute atomic E-state index is 9.19. The summed E-state index contributed by atoms with van der Waals surface area (Å²) in [6, 6.07) is 6.24. The van der Waals surface area contributed by atoms with E-state index in [1.54, 1.807) is 0 Å². The summed E-state index contributed by atoms with van der Waals surface area (Å²) in [7, 11) is 4.30. The first kappa shape index (κ1) is 14.8. The van der Waals surface area contributed by atoms with Gasteiger partial charge in [0.15, 0.2) is 0 Å². The van der Waals surface area contributed by atoms with Gasteiger partial charge in [0.25, 0.3) is 0 Å². The molecule has 106 valence electrons. The maximum Gasteiger partial charge on any atom is 0.0692 e. The molecule has 0 unspecified atom stereocenters. The Balaban J connectivity index is 1.96. The molecule has 0 aliphatic carbocycles. The third-order valence-electron chi connectivity index (χ3n) is 3.81. The lowest BCUT2D eigenvalue weighted by Gasteiger charge is -2.34. The fraction of sp³-hybridized carbons (Fsp3) is 0.600. The van der Waals surface area contributed by atoms with Crippen LogP contribution in [0.2, 0.25) is 0 Å². The lowest BCUT2D eigenvalue weighted by molar-refractivity contribution is 0.281. The highest BCUT2D eigenvalue weighted by atomic mass is 79.9. The number of aliphatic hydroxyl groups excluding tert-OH is 1. The topological polar surface area (TPSA) is 26.7 Å². The molecule has 1 aromatic carbocycles. The van der Waals surface area contributed by atoms with Crippen LogP contribution in [-0.4, -0.2) is 43.7 Å². The summed E-state index contributed by atoms with van der Waals surface area (Å²) in [6.07, 6.45) is 2.52. The minimum Gasteiger partial charge on any atom is -0.392 e. The second-order valence-electron chi connectivity index (χ2n) is 5.63. The molecule has 2 rings (SSSR count). The molecule has 1 aliphatic heterocycles. The first-order valence-corrected chi connectivity index (χ1v) is 7.68. The van der Waals surface area contributed by atoms with E-state index >= 15 is 0 Å². The van der Waals surface area contributed by atoms with E-state index in [-0.39, 0.29) is 6.61 Å². The molecule has 4 heteroatoms. The molecule has 0 bridgehead atoms. The average molecular weight is 327 g/mol. The van der Waals surface area contributed by atoms with Gasteiger partial charge in [-0.2, -0.15) is 0 Å². The summed E-state index contributed by atoms with van der Waals surface area (Å²) in [5.74, 6) is 0.825. The van der Waals surface area contributed by atoms with Gasteiger partial charge >= 0.3 is 0 Å². The Bertz CT molecular complexity index is 415. The largest absolute Gasteiger partial charge is 0.392 e. The number of hydrogen-bond acceptors (Lipinski definition) is 3. The zero-order valence-corrected chi connectivity index (χ0v) is 13.4. The van der Waals surface area contributed by atoms with E-state index < -0.39 is 0 Å². The van der Waals surface area contributed by atoms with Gasteiger partial charge in [-0.25, -0.2) is 0 Å². The number of anilines is 1. The summed E-state index contributed by atoms with van der Waals surface area (Å²) in [4.78, 5) is 4.73. The van der Waals surface area contributed by atoms with Crippen LogP contribution >= 0.6 is 15.9 Å². The lowest BCUT2D eigenvalue weighted by atomic mass is 9.96. The SMILES string of the molecule is CN(C)CC1CCN(c2ccc(CO)c(Br)c2)CC1. The standard InChI is InChI=1S/C15H23BrN2O/c1-17(2)10-12-5-7-18(8-6-12)14-4-3-13(11-19)15(16)9-14/h3-4,9,12,19H,5-8,10-11H2,1-2H3. The fourth-order valence-electron chi connectivity index (χ4n) is 2.75. The van der Waals surface area contributed by atoms with Crippen LogP contribution < -0.4 is 4.90 Å². The minimum atomic E-state index is 0.0891. The van der Waals surface area contributed by atoms with Crippen LogP contribution in [0.3, 0.4) is 0 Å². The van der Waals surface area contributed by atoms with Gasteiger partial charge in [0.2, 0.25) is 0 Å². The number of piperidine rings is 1. The summed E-state index contributed by atoms with van der Waals surface area (Å²) < 4.78 is 1.00. The normalized spacial score (nSPS) is 17.2. The average Bonchev–Trinajstić information content (AvgIpc) is 2.39. The number of nitrogens with zero attached hydrogens (tertiary/aromatic N) is 2. The molecular formula is C15H23BrN2O. The molecule has 19 heavy (non-hydrogen) atoms. The van der Waals surface area contributed by atoms with Gasteiger partial charge < -0.3 is 14.9 Å². The molecular weight excluding hydrogens is 304 g/mol. The van der Waals surface area contributed by atoms with Crippen molar-refractivity contribution >= 4 is 21.6 Å². The third-order valence-corrected chi connectivity index (χ3v) is 4.55. The monoisotopic (exact) mass is 326 g/mol. The van der Waals surface area contributed by atoms with Gasteiger partial charge in [0.05, 0.1) is 6.61 Å². The Hall–Kier alpha value is -0.580. The van der Waals surface area contributed by atoms with Crippen molar-refractivity contribution in [1.82, 2.24) is 4.90 Å². The van der Waals surface area contributed by atoms with Crippen molar-refractivity contribution in [2.45, 2.75) is 19.4 Å². The first-order chi connectivity index (χ1) is 9.10. The Labute approximate surface area is 124 Å². The van der Waals surface area contributed by atoms with Crippen LogP contribution in [0.1, 0.15) is 18.4 Å². The molecule has 1 N–H and O–H groups in total. The zero-order chi connectivity index (χ0) is 13.8. The molecule has 0 spiro atoms. The van der Waals surface area contributed by atoms with Crippen molar-refractivity contribution in [3.05, 3.63) is 28.2 Å². The van der Waals surface area contributed by atoms with E-state index in [9.17, 15) is 5.11 Å². The summed E-state index contributed by atoms with van der Waals surface area (Å²) in [6.45, 7) is 3.54. The lowest BCUT2D eigenvalue weighted by Crippen LogP contribution is -2.37. The van der Waals surface area contributed by atoms with E-state index in [1.807, 2.05) is 6.07 Å². The summed E-state index contributed by atoms with van der Waals surface area (Å²) >= 11 is 3.53. The van der Waals surface area contributed by atoms with Gasteiger partial charge in [-0.3, -0.25) is 0 Å². The van der Waals surface area contributed by atoms with E-state index in [0.29, 0.717) is 0 Å². The molecule has 0 saturated carbocycles. The van der Waals surface area contributed by atoms with Crippen LogP contribution in [0.5, 0.6) is 0 Å². The third kappa shape index (κ3) is 3.94. The van der Waals surface area contributed by atoms with Gasteiger partial charge in [-0.15, -0.1) is 0 Å². The second kappa shape index (κ2) is 6.73. The fourth-order valence-corrected chi connectivity index (χ4v) is 3.24. The van der Waals surface area contributed by atoms with Crippen LogP contribution in [0.4, 0.5) is 5.69 Å². The van der Waals surface area contributed by atoms with Crippen molar-refractivity contribution in [1.29, 1.82) is 0 Å². The molecule has 0 radical (unpaired) electrons. The van der Waals surface area contributed by atoms with Crippen LogP contribution in [0, 0.1) is 5.92 Å². The first-order valence-electron chi connectivity index (χ1n) is 6.89. The highest BCUT2D eigenvalue weighted by molar-refractivity contribution is 9.10. The highest BCUT2D eigenvalue weighted by Gasteiger charge is 2.20. The van der Waals surface area contributed by atoms with Gasteiger partial charge in [-0.1, -0.05) is 22.0 Å². The van der Waals surface area contributed by atoms with Gasteiger partial charge in [0.1, 0.15) is 0 Å². The number of aliphatic hydroxyl groups is 1. The molecule has 0 amide bonds. The smallest absolute Gasteiger partial charge is 0.0692 e.